The first-order valence-corrected chi connectivity index (χ1v) is 9.70. The smallest absolute Gasteiger partial charge is 0.233 e. The number of aromatic nitrogens is 3. The summed E-state index contributed by atoms with van der Waals surface area (Å²) in [4.78, 5) is 12.2. The van der Waals surface area contributed by atoms with Gasteiger partial charge in [0.1, 0.15) is 5.82 Å². The zero-order valence-electron chi connectivity index (χ0n) is 12.7. The number of nitrogens with zero attached hydrogens (tertiary/aromatic N) is 3. The van der Waals surface area contributed by atoms with E-state index >= 15 is 0 Å². The maximum absolute atomic E-state index is 12.2. The Morgan fingerprint density at radius 3 is 2.91 bits per heavy atom. The van der Waals surface area contributed by atoms with Crippen molar-refractivity contribution in [3.05, 3.63) is 18.5 Å². The van der Waals surface area contributed by atoms with Crippen molar-refractivity contribution < 1.29 is 13.2 Å². The van der Waals surface area contributed by atoms with E-state index in [0.29, 0.717) is 18.1 Å². The van der Waals surface area contributed by atoms with Gasteiger partial charge in [0, 0.05) is 12.6 Å². The summed E-state index contributed by atoms with van der Waals surface area (Å²) in [6.07, 6.45) is 2.23. The largest absolute Gasteiger partial charge is 0.351 e. The van der Waals surface area contributed by atoms with Gasteiger partial charge >= 0.3 is 0 Å². The molecule has 0 aromatic carbocycles. The lowest BCUT2D eigenvalue weighted by Crippen LogP contribution is -2.40. The molecule has 1 aromatic rings. The normalized spacial score (nSPS) is 21.5. The minimum atomic E-state index is -3.00. The van der Waals surface area contributed by atoms with E-state index in [9.17, 15) is 13.2 Å². The van der Waals surface area contributed by atoms with Crippen molar-refractivity contribution in [2.24, 2.45) is 0 Å². The first kappa shape index (κ1) is 17.0. The third-order valence-corrected chi connectivity index (χ3v) is 6.29. The Kier molecular flexibility index (Phi) is 5.28. The van der Waals surface area contributed by atoms with Gasteiger partial charge in [0.2, 0.25) is 5.91 Å². The standard InChI is InChI=1S/C13H20N4O3S2/c1-4-6-17-10(3)15-16-13(17)21-9(2)12(18)14-11-5-7-22(19,20)8-11/h4,9,11H,1,5-8H2,2-3H3,(H,14,18)/t9-,11-/m1/s1. The number of thioether (sulfide) groups is 1. The van der Waals surface area contributed by atoms with E-state index in [1.807, 2.05) is 11.5 Å². The van der Waals surface area contributed by atoms with Crippen LogP contribution >= 0.6 is 11.8 Å². The third-order valence-electron chi connectivity index (χ3n) is 3.44. The molecule has 1 aliphatic rings. The number of carbonyl (C=O) groups is 1. The third kappa shape index (κ3) is 4.10. The number of carbonyl (C=O) groups excluding carboxylic acids is 1. The Labute approximate surface area is 134 Å². The van der Waals surface area contributed by atoms with Gasteiger partial charge in [-0.15, -0.1) is 16.8 Å². The summed E-state index contributed by atoms with van der Waals surface area (Å²) < 4.78 is 24.7. The van der Waals surface area contributed by atoms with Crippen LogP contribution in [0.15, 0.2) is 17.8 Å². The van der Waals surface area contributed by atoms with Crippen LogP contribution in [-0.2, 0) is 21.2 Å². The number of hydrogen-bond acceptors (Lipinski definition) is 6. The van der Waals surface area contributed by atoms with Crippen molar-refractivity contribution in [3.8, 4) is 0 Å². The molecule has 1 N–H and O–H groups in total. The lowest BCUT2D eigenvalue weighted by Gasteiger charge is -2.15. The van der Waals surface area contributed by atoms with Gasteiger partial charge in [-0.2, -0.15) is 0 Å². The van der Waals surface area contributed by atoms with Crippen LogP contribution < -0.4 is 5.32 Å². The van der Waals surface area contributed by atoms with E-state index in [1.165, 1.54) is 11.8 Å². The molecule has 0 radical (unpaired) electrons. The summed E-state index contributed by atoms with van der Waals surface area (Å²) in [5.74, 6) is 0.753. The minimum absolute atomic E-state index is 0.0296. The minimum Gasteiger partial charge on any atom is -0.351 e. The van der Waals surface area contributed by atoms with E-state index in [1.54, 1.807) is 13.0 Å². The average Bonchev–Trinajstić information content (AvgIpc) is 2.95. The van der Waals surface area contributed by atoms with Crippen molar-refractivity contribution in [2.75, 3.05) is 11.5 Å². The molecule has 1 aliphatic heterocycles. The number of amides is 1. The van der Waals surface area contributed by atoms with Crippen molar-refractivity contribution in [1.82, 2.24) is 20.1 Å². The molecule has 122 valence electrons. The number of allylic oxidation sites excluding steroid dienone is 1. The second kappa shape index (κ2) is 6.82. The zero-order valence-corrected chi connectivity index (χ0v) is 14.3. The lowest BCUT2D eigenvalue weighted by molar-refractivity contribution is -0.120. The molecule has 1 fully saturated rings. The van der Waals surface area contributed by atoms with Crippen molar-refractivity contribution in [3.63, 3.8) is 0 Å². The van der Waals surface area contributed by atoms with Crippen molar-refractivity contribution >= 4 is 27.5 Å². The summed E-state index contributed by atoms with van der Waals surface area (Å²) in [7, 11) is -3.00. The number of hydrogen-bond donors (Lipinski definition) is 1. The van der Waals surface area contributed by atoms with Gasteiger partial charge in [-0.05, 0) is 20.3 Å². The highest BCUT2D eigenvalue weighted by Crippen LogP contribution is 2.23. The molecule has 1 aromatic heterocycles. The summed E-state index contributed by atoms with van der Waals surface area (Å²) in [6.45, 7) is 7.88. The summed E-state index contributed by atoms with van der Waals surface area (Å²) in [5.41, 5.74) is 0. The molecule has 22 heavy (non-hydrogen) atoms. The van der Waals surface area contributed by atoms with Gasteiger partial charge < -0.3 is 9.88 Å². The van der Waals surface area contributed by atoms with Crippen molar-refractivity contribution in [1.29, 1.82) is 0 Å². The molecule has 0 unspecified atom stereocenters. The van der Waals surface area contributed by atoms with E-state index in [0.717, 1.165) is 5.82 Å². The zero-order chi connectivity index (χ0) is 16.3. The fourth-order valence-corrected chi connectivity index (χ4v) is 4.81. The van der Waals surface area contributed by atoms with Crippen LogP contribution in [0.1, 0.15) is 19.2 Å². The Morgan fingerprint density at radius 2 is 2.32 bits per heavy atom. The number of aryl methyl sites for hydroxylation is 1. The van der Waals surface area contributed by atoms with Gasteiger partial charge in [0.15, 0.2) is 15.0 Å². The lowest BCUT2D eigenvalue weighted by atomic mass is 10.2. The predicted molar refractivity (Wildman–Crippen MR) is 85.5 cm³/mol. The molecule has 7 nitrogen and oxygen atoms in total. The first-order valence-electron chi connectivity index (χ1n) is 7.00. The molecular formula is C13H20N4O3S2. The first-order chi connectivity index (χ1) is 10.3. The second-order valence-corrected chi connectivity index (χ2v) is 8.83. The highest BCUT2D eigenvalue weighted by atomic mass is 32.2. The molecule has 2 atom stereocenters. The van der Waals surface area contributed by atoms with E-state index < -0.39 is 9.84 Å². The Morgan fingerprint density at radius 1 is 1.59 bits per heavy atom. The van der Waals surface area contributed by atoms with Crippen molar-refractivity contribution in [2.45, 2.75) is 43.3 Å². The summed E-state index contributed by atoms with van der Waals surface area (Å²) >= 11 is 1.30. The second-order valence-electron chi connectivity index (χ2n) is 5.30. The van der Waals surface area contributed by atoms with Gasteiger partial charge in [-0.3, -0.25) is 4.79 Å². The van der Waals surface area contributed by atoms with Gasteiger partial charge in [0.25, 0.3) is 0 Å². The van der Waals surface area contributed by atoms with E-state index in [-0.39, 0.29) is 28.7 Å². The molecule has 1 saturated heterocycles. The Balaban J connectivity index is 1.96. The van der Waals surface area contributed by atoms with Crippen LogP contribution in [0, 0.1) is 6.92 Å². The predicted octanol–water partition coefficient (Wildman–Crippen LogP) is 0.556. The quantitative estimate of drug-likeness (QED) is 0.598. The van der Waals surface area contributed by atoms with Gasteiger partial charge in [-0.25, -0.2) is 8.42 Å². The topological polar surface area (TPSA) is 93.9 Å². The van der Waals surface area contributed by atoms with Crippen LogP contribution in [0.4, 0.5) is 0 Å². The average molecular weight is 344 g/mol. The van der Waals surface area contributed by atoms with Crippen LogP contribution in [0.2, 0.25) is 0 Å². The Hall–Kier alpha value is -1.35. The molecule has 1 amide bonds. The highest BCUT2D eigenvalue weighted by Gasteiger charge is 2.30. The molecule has 0 aliphatic carbocycles. The molecule has 0 spiro atoms. The van der Waals surface area contributed by atoms with Crippen LogP contribution in [0.3, 0.4) is 0 Å². The Bertz CT molecular complexity index is 669. The van der Waals surface area contributed by atoms with Crippen LogP contribution in [0.25, 0.3) is 0 Å². The number of nitrogens with one attached hydrogen (secondary N) is 1. The van der Waals surface area contributed by atoms with E-state index in [2.05, 4.69) is 22.1 Å². The molecule has 2 rings (SSSR count). The fraction of sp³-hybridized carbons (Fsp3) is 0.615. The summed E-state index contributed by atoms with van der Waals surface area (Å²) in [5, 5.41) is 11.1. The molecule has 0 saturated carbocycles. The molecule has 9 heteroatoms. The van der Waals surface area contributed by atoms with E-state index in [4.69, 9.17) is 0 Å². The van der Waals surface area contributed by atoms with Gasteiger partial charge in [-0.1, -0.05) is 17.8 Å². The SMILES string of the molecule is C=CCn1c(C)nnc1S[C@H](C)C(=O)N[C@@H]1CCS(=O)(=O)C1. The number of sulfone groups is 1. The van der Waals surface area contributed by atoms with Crippen LogP contribution in [0.5, 0.6) is 0 Å². The molecular weight excluding hydrogens is 324 g/mol. The maximum atomic E-state index is 12.2. The maximum Gasteiger partial charge on any atom is 0.233 e. The highest BCUT2D eigenvalue weighted by molar-refractivity contribution is 8.00. The van der Waals surface area contributed by atoms with Gasteiger partial charge in [0.05, 0.1) is 16.8 Å². The molecule has 2 heterocycles. The number of rotatable bonds is 6. The fourth-order valence-electron chi connectivity index (χ4n) is 2.23. The monoisotopic (exact) mass is 344 g/mol. The summed E-state index contributed by atoms with van der Waals surface area (Å²) in [6, 6.07) is -0.284. The van der Waals surface area contributed by atoms with Crippen LogP contribution in [-0.4, -0.2) is 51.9 Å². The molecule has 0 bridgehead atoms.